The number of hydrogen-bond donors (Lipinski definition) is 4. The number of amides is 2. The van der Waals surface area contributed by atoms with Crippen LogP contribution in [0, 0.1) is 0 Å². The molecule has 0 aliphatic carbocycles. The Morgan fingerprint density at radius 3 is 2.37 bits per heavy atom. The molecule has 1 atom stereocenters. The number of carbonyl (C=O) groups is 2. The Balaban J connectivity index is 3.75. The van der Waals surface area contributed by atoms with Gasteiger partial charge in [-0.3, -0.25) is 0 Å². The summed E-state index contributed by atoms with van der Waals surface area (Å²) in [7, 11) is 2.01. The van der Waals surface area contributed by atoms with E-state index in [9.17, 15) is 14.7 Å². The van der Waals surface area contributed by atoms with Gasteiger partial charge < -0.3 is 25.7 Å². The highest BCUT2D eigenvalue weighted by Crippen LogP contribution is 2.00. The van der Waals surface area contributed by atoms with Crippen molar-refractivity contribution in [3.8, 4) is 0 Å². The van der Waals surface area contributed by atoms with Crippen molar-refractivity contribution in [2.24, 2.45) is 0 Å². The topological polar surface area (TPSA) is 102 Å². The van der Waals surface area contributed by atoms with E-state index in [-0.39, 0.29) is 6.54 Å². The fraction of sp³-hybridized carbons (Fsp3) is 0.833. The molecule has 0 aromatic heterocycles. The van der Waals surface area contributed by atoms with Crippen LogP contribution < -0.4 is 10.6 Å². The fourth-order valence-corrected chi connectivity index (χ4v) is 1.18. The van der Waals surface area contributed by atoms with Crippen molar-refractivity contribution in [1.82, 2.24) is 15.5 Å². The zero-order chi connectivity index (χ0) is 15.1. The largest absolute Gasteiger partial charge is 0.479 e. The molecule has 19 heavy (non-hydrogen) atoms. The number of hydrogen-bond acceptors (Lipinski definition) is 4. The third kappa shape index (κ3) is 7.63. The van der Waals surface area contributed by atoms with Crippen LogP contribution >= 0.6 is 0 Å². The van der Waals surface area contributed by atoms with E-state index < -0.39 is 17.6 Å². The summed E-state index contributed by atoms with van der Waals surface area (Å²) in [6, 6.07) is -0.0202. The number of nitrogens with zero attached hydrogens (tertiary/aromatic N) is 1. The molecule has 0 radical (unpaired) electrons. The van der Waals surface area contributed by atoms with Crippen LogP contribution in [-0.2, 0) is 4.79 Å². The fourth-order valence-electron chi connectivity index (χ4n) is 1.18. The molecule has 4 N–H and O–H groups in total. The number of aliphatic carboxylic acids is 1. The molecule has 0 heterocycles. The lowest BCUT2D eigenvalue weighted by atomic mass is 10.1. The van der Waals surface area contributed by atoms with Crippen LogP contribution in [0.3, 0.4) is 0 Å². The standard InChI is InChI=1S/C12H25N3O4/c1-9(2)15(4)7-5-6-13-11(18)14-8-12(3,19)10(16)17/h9,19H,5-8H2,1-4H3,(H,16,17)(H2,13,14,18). The molecule has 0 bridgehead atoms. The molecule has 0 aromatic rings. The number of carbonyl (C=O) groups excluding carboxylic acids is 1. The van der Waals surface area contributed by atoms with Crippen LogP contribution in [0.25, 0.3) is 0 Å². The minimum absolute atomic E-state index is 0.333. The summed E-state index contributed by atoms with van der Waals surface area (Å²) in [6.45, 7) is 6.35. The van der Waals surface area contributed by atoms with E-state index in [0.717, 1.165) is 19.9 Å². The van der Waals surface area contributed by atoms with Gasteiger partial charge in [-0.05, 0) is 40.8 Å². The van der Waals surface area contributed by atoms with E-state index >= 15 is 0 Å². The molecular weight excluding hydrogens is 250 g/mol. The summed E-state index contributed by atoms with van der Waals surface area (Å²) in [4.78, 5) is 24.1. The van der Waals surface area contributed by atoms with Crippen molar-refractivity contribution in [1.29, 1.82) is 0 Å². The van der Waals surface area contributed by atoms with Crippen molar-refractivity contribution in [3.05, 3.63) is 0 Å². The quantitative estimate of drug-likeness (QED) is 0.462. The van der Waals surface area contributed by atoms with Gasteiger partial charge in [-0.1, -0.05) is 0 Å². The highest BCUT2D eigenvalue weighted by molar-refractivity contribution is 5.79. The SMILES string of the molecule is CC(C)N(C)CCCNC(=O)NCC(C)(O)C(=O)O. The Kier molecular flexibility index (Phi) is 7.40. The van der Waals surface area contributed by atoms with E-state index in [1.54, 1.807) is 0 Å². The second-order valence-corrected chi connectivity index (χ2v) is 5.12. The second kappa shape index (κ2) is 7.96. The smallest absolute Gasteiger partial charge is 0.337 e. The van der Waals surface area contributed by atoms with Gasteiger partial charge in [0.15, 0.2) is 5.60 Å². The molecule has 7 heteroatoms. The number of nitrogens with one attached hydrogen (secondary N) is 2. The molecule has 7 nitrogen and oxygen atoms in total. The van der Waals surface area contributed by atoms with Gasteiger partial charge in [-0.2, -0.15) is 0 Å². The molecule has 0 rings (SSSR count). The first-order valence-electron chi connectivity index (χ1n) is 6.34. The molecule has 0 saturated carbocycles. The summed E-state index contributed by atoms with van der Waals surface area (Å²) in [5.74, 6) is -1.37. The Bertz CT molecular complexity index is 305. The van der Waals surface area contributed by atoms with Gasteiger partial charge in [-0.15, -0.1) is 0 Å². The predicted octanol–water partition coefficient (Wildman–Crippen LogP) is -0.148. The van der Waals surface area contributed by atoms with Gasteiger partial charge in [-0.25, -0.2) is 9.59 Å². The predicted molar refractivity (Wildman–Crippen MR) is 72.0 cm³/mol. The molecule has 0 aromatic carbocycles. The maximum absolute atomic E-state index is 11.4. The molecule has 2 amide bonds. The minimum atomic E-state index is -1.95. The highest BCUT2D eigenvalue weighted by Gasteiger charge is 2.30. The molecule has 0 fully saturated rings. The lowest BCUT2D eigenvalue weighted by Crippen LogP contribution is -2.49. The number of aliphatic hydroxyl groups is 1. The monoisotopic (exact) mass is 275 g/mol. The molecule has 1 unspecified atom stereocenters. The maximum Gasteiger partial charge on any atom is 0.337 e. The zero-order valence-corrected chi connectivity index (χ0v) is 12.1. The van der Waals surface area contributed by atoms with Crippen LogP contribution in [-0.4, -0.2) is 65.4 Å². The summed E-state index contributed by atoms with van der Waals surface area (Å²) in [5.41, 5.74) is -1.95. The van der Waals surface area contributed by atoms with Gasteiger partial charge in [0.1, 0.15) is 0 Å². The van der Waals surface area contributed by atoms with Gasteiger partial charge >= 0.3 is 12.0 Å². The van der Waals surface area contributed by atoms with Crippen molar-refractivity contribution < 1.29 is 19.8 Å². The van der Waals surface area contributed by atoms with Crippen molar-refractivity contribution in [2.75, 3.05) is 26.7 Å². The molecule has 0 spiro atoms. The van der Waals surface area contributed by atoms with Crippen LogP contribution in [0.4, 0.5) is 4.79 Å². The van der Waals surface area contributed by atoms with Gasteiger partial charge in [0.05, 0.1) is 6.54 Å². The lowest BCUT2D eigenvalue weighted by molar-refractivity contribution is -0.155. The third-order valence-corrected chi connectivity index (χ3v) is 2.91. The van der Waals surface area contributed by atoms with E-state index in [0.29, 0.717) is 12.6 Å². The Labute approximate surface area is 114 Å². The average Bonchev–Trinajstić information content (AvgIpc) is 2.31. The Morgan fingerprint density at radius 2 is 1.89 bits per heavy atom. The third-order valence-electron chi connectivity index (χ3n) is 2.91. The van der Waals surface area contributed by atoms with Gasteiger partial charge in [0.25, 0.3) is 0 Å². The zero-order valence-electron chi connectivity index (χ0n) is 12.1. The van der Waals surface area contributed by atoms with E-state index in [4.69, 9.17) is 5.11 Å². The normalized spacial score (nSPS) is 14.3. The van der Waals surface area contributed by atoms with Crippen molar-refractivity contribution >= 4 is 12.0 Å². The Morgan fingerprint density at radius 1 is 1.32 bits per heavy atom. The molecule has 0 aliphatic rings. The molecule has 112 valence electrons. The van der Waals surface area contributed by atoms with Crippen LogP contribution in [0.1, 0.15) is 27.2 Å². The van der Waals surface area contributed by atoms with E-state index in [2.05, 4.69) is 29.4 Å². The summed E-state index contributed by atoms with van der Waals surface area (Å²) in [5, 5.41) is 23.0. The second-order valence-electron chi connectivity index (χ2n) is 5.12. The van der Waals surface area contributed by atoms with Crippen molar-refractivity contribution in [2.45, 2.75) is 38.8 Å². The van der Waals surface area contributed by atoms with E-state index in [1.807, 2.05) is 7.05 Å². The summed E-state index contributed by atoms with van der Waals surface area (Å²) >= 11 is 0. The molecule has 0 aliphatic heterocycles. The van der Waals surface area contributed by atoms with Crippen LogP contribution in [0.15, 0.2) is 0 Å². The van der Waals surface area contributed by atoms with Crippen LogP contribution in [0.5, 0.6) is 0 Å². The van der Waals surface area contributed by atoms with Crippen molar-refractivity contribution in [3.63, 3.8) is 0 Å². The summed E-state index contributed by atoms with van der Waals surface area (Å²) in [6.07, 6.45) is 0.803. The number of urea groups is 1. The molecular formula is C12H25N3O4. The first kappa shape index (κ1) is 17.7. The van der Waals surface area contributed by atoms with Gasteiger partial charge in [0.2, 0.25) is 0 Å². The minimum Gasteiger partial charge on any atom is -0.479 e. The van der Waals surface area contributed by atoms with E-state index in [1.165, 1.54) is 0 Å². The average molecular weight is 275 g/mol. The summed E-state index contributed by atoms with van der Waals surface area (Å²) < 4.78 is 0. The maximum atomic E-state index is 11.4. The lowest BCUT2D eigenvalue weighted by Gasteiger charge is -2.21. The Hall–Kier alpha value is -1.34. The van der Waals surface area contributed by atoms with Crippen LogP contribution in [0.2, 0.25) is 0 Å². The number of rotatable bonds is 8. The highest BCUT2D eigenvalue weighted by atomic mass is 16.4. The molecule has 0 saturated heterocycles. The first-order valence-corrected chi connectivity index (χ1v) is 6.34. The number of carboxylic acids is 1. The first-order chi connectivity index (χ1) is 8.66. The number of carboxylic acid groups (broad SMARTS) is 1. The van der Waals surface area contributed by atoms with Gasteiger partial charge in [0, 0.05) is 12.6 Å².